The number of esters is 1. The predicted octanol–water partition coefficient (Wildman–Crippen LogP) is 8.69. The minimum Gasteiger partial charge on any atom is -0.460 e. The number of likely N-dealkylation sites (N-methyl/N-ethyl adjacent to an activating group) is 1. The summed E-state index contributed by atoms with van der Waals surface area (Å²) >= 11 is 0. The molecule has 0 aromatic rings. The van der Waals surface area contributed by atoms with Crippen molar-refractivity contribution < 1.29 is 9.53 Å². The van der Waals surface area contributed by atoms with E-state index in [0.29, 0.717) is 12.3 Å². The summed E-state index contributed by atoms with van der Waals surface area (Å²) in [5.41, 5.74) is 0.00590. The maximum Gasteiger partial charge on any atom is 0.306 e. The van der Waals surface area contributed by atoms with Gasteiger partial charge in [-0.15, -0.1) is 0 Å². The molecule has 1 saturated heterocycles. The van der Waals surface area contributed by atoms with Gasteiger partial charge in [0.15, 0.2) is 0 Å². The molecule has 2 unspecified atom stereocenters. The van der Waals surface area contributed by atoms with Crippen LogP contribution < -0.4 is 0 Å². The standard InChI is InChI=1S/C29H57NO2/c1-8-9-10-11-12-13-14-15-16-17-18-19-20-21-22-23-26(31)32-27-25(2)24-28(3,4)30(7)29(27,5)6/h25,27H,8-24H2,1-7H3. The molecule has 0 aromatic heterocycles. The molecule has 0 bridgehead atoms. The average molecular weight is 452 g/mol. The SMILES string of the molecule is CCCCCCCCCCCCCCCCCC(=O)OC1C(C)CC(C)(C)N(C)C1(C)C. The summed E-state index contributed by atoms with van der Waals surface area (Å²) in [4.78, 5) is 14.9. The molecule has 1 rings (SSSR count). The Morgan fingerprint density at radius 1 is 0.781 bits per heavy atom. The number of likely N-dealkylation sites (tertiary alicyclic amines) is 1. The Kier molecular flexibility index (Phi) is 14.1. The molecule has 0 N–H and O–H groups in total. The van der Waals surface area contributed by atoms with Gasteiger partial charge in [0.05, 0.1) is 5.54 Å². The zero-order valence-corrected chi connectivity index (χ0v) is 22.9. The van der Waals surface area contributed by atoms with Gasteiger partial charge in [-0.3, -0.25) is 9.69 Å². The van der Waals surface area contributed by atoms with Gasteiger partial charge in [0.25, 0.3) is 0 Å². The molecule has 0 aliphatic carbocycles. The van der Waals surface area contributed by atoms with E-state index in [2.05, 4.69) is 53.5 Å². The lowest BCUT2D eigenvalue weighted by Crippen LogP contribution is -2.66. The third kappa shape index (κ3) is 10.6. The van der Waals surface area contributed by atoms with Gasteiger partial charge < -0.3 is 4.74 Å². The Hall–Kier alpha value is -0.570. The fraction of sp³-hybridized carbons (Fsp3) is 0.966. The maximum absolute atomic E-state index is 12.5. The van der Waals surface area contributed by atoms with Crippen molar-refractivity contribution in [3.63, 3.8) is 0 Å². The average Bonchev–Trinajstić information content (AvgIpc) is 2.72. The smallest absolute Gasteiger partial charge is 0.306 e. The lowest BCUT2D eigenvalue weighted by atomic mass is 9.72. The van der Waals surface area contributed by atoms with Gasteiger partial charge >= 0.3 is 5.97 Å². The third-order valence-corrected chi connectivity index (χ3v) is 8.05. The molecular formula is C29H57NO2. The molecule has 0 radical (unpaired) electrons. The van der Waals surface area contributed by atoms with Crippen LogP contribution in [0.3, 0.4) is 0 Å². The number of carbonyl (C=O) groups excluding carboxylic acids is 1. The van der Waals surface area contributed by atoms with Crippen molar-refractivity contribution in [2.75, 3.05) is 7.05 Å². The van der Waals surface area contributed by atoms with Crippen molar-refractivity contribution >= 4 is 5.97 Å². The number of piperidine rings is 1. The van der Waals surface area contributed by atoms with Crippen molar-refractivity contribution in [2.45, 2.75) is 168 Å². The van der Waals surface area contributed by atoms with Crippen LogP contribution in [-0.2, 0) is 9.53 Å². The Balaban J connectivity index is 2.03. The molecule has 0 aromatic carbocycles. The zero-order chi connectivity index (χ0) is 24.0. The van der Waals surface area contributed by atoms with E-state index in [0.717, 1.165) is 19.3 Å². The Labute approximate surface area is 201 Å². The molecule has 2 atom stereocenters. The highest BCUT2D eigenvalue weighted by Gasteiger charge is 2.50. The zero-order valence-electron chi connectivity index (χ0n) is 22.9. The van der Waals surface area contributed by atoms with Crippen molar-refractivity contribution in [3.05, 3.63) is 0 Å². The van der Waals surface area contributed by atoms with Gasteiger partial charge in [0.1, 0.15) is 6.10 Å². The van der Waals surface area contributed by atoms with Crippen molar-refractivity contribution in [3.8, 4) is 0 Å². The first-order valence-electron chi connectivity index (χ1n) is 14.1. The number of hydrogen-bond acceptors (Lipinski definition) is 3. The van der Waals surface area contributed by atoms with E-state index in [1.165, 1.54) is 83.5 Å². The lowest BCUT2D eigenvalue weighted by molar-refractivity contribution is -0.176. The number of unbranched alkanes of at least 4 members (excludes halogenated alkanes) is 14. The molecule has 3 nitrogen and oxygen atoms in total. The lowest BCUT2D eigenvalue weighted by Gasteiger charge is -2.56. The van der Waals surface area contributed by atoms with Gasteiger partial charge in [-0.1, -0.05) is 104 Å². The highest BCUT2D eigenvalue weighted by atomic mass is 16.5. The van der Waals surface area contributed by atoms with Crippen LogP contribution in [0.2, 0.25) is 0 Å². The van der Waals surface area contributed by atoms with Crippen molar-refractivity contribution in [2.24, 2.45) is 5.92 Å². The molecule has 1 heterocycles. The third-order valence-electron chi connectivity index (χ3n) is 8.05. The summed E-state index contributed by atoms with van der Waals surface area (Å²) in [7, 11) is 2.17. The molecule has 32 heavy (non-hydrogen) atoms. The first-order valence-corrected chi connectivity index (χ1v) is 14.1. The van der Waals surface area contributed by atoms with E-state index < -0.39 is 0 Å². The van der Waals surface area contributed by atoms with Crippen LogP contribution in [0.5, 0.6) is 0 Å². The topological polar surface area (TPSA) is 29.5 Å². The Morgan fingerprint density at radius 3 is 1.62 bits per heavy atom. The second-order valence-corrected chi connectivity index (χ2v) is 11.8. The number of rotatable bonds is 17. The normalized spacial score (nSPS) is 22.7. The monoisotopic (exact) mass is 451 g/mol. The van der Waals surface area contributed by atoms with Crippen molar-refractivity contribution in [1.29, 1.82) is 0 Å². The van der Waals surface area contributed by atoms with E-state index in [4.69, 9.17) is 4.74 Å². The molecule has 1 aliphatic rings. The van der Waals surface area contributed by atoms with Gasteiger partial charge in [0, 0.05) is 12.0 Å². The van der Waals surface area contributed by atoms with E-state index in [9.17, 15) is 4.79 Å². The molecule has 0 saturated carbocycles. The maximum atomic E-state index is 12.5. The first kappa shape index (κ1) is 29.5. The van der Waals surface area contributed by atoms with Crippen LogP contribution >= 0.6 is 0 Å². The Morgan fingerprint density at radius 2 is 1.19 bits per heavy atom. The van der Waals surface area contributed by atoms with Crippen LogP contribution in [0, 0.1) is 5.92 Å². The van der Waals surface area contributed by atoms with Crippen LogP contribution in [0.4, 0.5) is 0 Å². The summed E-state index contributed by atoms with van der Waals surface area (Å²) in [6, 6.07) is 0. The van der Waals surface area contributed by atoms with Crippen LogP contribution in [0.25, 0.3) is 0 Å². The summed E-state index contributed by atoms with van der Waals surface area (Å²) < 4.78 is 6.02. The second-order valence-electron chi connectivity index (χ2n) is 11.8. The largest absolute Gasteiger partial charge is 0.460 e. The fourth-order valence-corrected chi connectivity index (χ4v) is 5.80. The Bertz CT molecular complexity index is 499. The van der Waals surface area contributed by atoms with E-state index in [1.807, 2.05) is 0 Å². The molecule has 1 aliphatic heterocycles. The van der Waals surface area contributed by atoms with E-state index in [-0.39, 0.29) is 23.2 Å². The second kappa shape index (κ2) is 15.4. The van der Waals surface area contributed by atoms with Crippen LogP contribution in [-0.4, -0.2) is 35.1 Å². The summed E-state index contributed by atoms with van der Waals surface area (Å²) in [5, 5.41) is 0. The van der Waals surface area contributed by atoms with Gasteiger partial charge in [0.2, 0.25) is 0 Å². The number of ether oxygens (including phenoxy) is 1. The number of hydrogen-bond donors (Lipinski definition) is 0. The molecule has 3 heteroatoms. The van der Waals surface area contributed by atoms with Gasteiger partial charge in [-0.2, -0.15) is 0 Å². The molecule has 190 valence electrons. The predicted molar refractivity (Wildman–Crippen MR) is 139 cm³/mol. The van der Waals surface area contributed by atoms with Crippen LogP contribution in [0.1, 0.15) is 151 Å². The van der Waals surface area contributed by atoms with Crippen LogP contribution in [0.15, 0.2) is 0 Å². The molecule has 0 spiro atoms. The molecule has 1 fully saturated rings. The highest BCUT2D eigenvalue weighted by Crippen LogP contribution is 2.41. The summed E-state index contributed by atoms with van der Waals surface area (Å²) in [6.45, 7) is 13.5. The highest BCUT2D eigenvalue weighted by molar-refractivity contribution is 5.69. The minimum absolute atomic E-state index is 0.00211. The van der Waals surface area contributed by atoms with Gasteiger partial charge in [-0.05, 0) is 53.5 Å². The minimum atomic E-state index is -0.133. The fourth-order valence-electron chi connectivity index (χ4n) is 5.80. The van der Waals surface area contributed by atoms with Crippen molar-refractivity contribution in [1.82, 2.24) is 4.90 Å². The summed E-state index contributed by atoms with van der Waals surface area (Å²) in [5.74, 6) is 0.388. The summed E-state index contributed by atoms with van der Waals surface area (Å²) in [6.07, 6.45) is 21.8. The van der Waals surface area contributed by atoms with Gasteiger partial charge in [-0.25, -0.2) is 0 Å². The van der Waals surface area contributed by atoms with E-state index >= 15 is 0 Å². The molecule has 0 amide bonds. The number of nitrogens with zero attached hydrogens (tertiary/aromatic N) is 1. The number of carbonyl (C=O) groups is 1. The van der Waals surface area contributed by atoms with E-state index in [1.54, 1.807) is 0 Å². The quantitative estimate of drug-likeness (QED) is 0.164. The first-order chi connectivity index (χ1) is 15.1. The molecular weight excluding hydrogens is 394 g/mol.